The number of carbonyl (C=O) groups is 1. The summed E-state index contributed by atoms with van der Waals surface area (Å²) in [7, 11) is 1.29. The molecule has 2 rings (SSSR count). The van der Waals surface area contributed by atoms with Crippen molar-refractivity contribution in [3.8, 4) is 0 Å². The summed E-state index contributed by atoms with van der Waals surface area (Å²) in [4.78, 5) is 15.7. The first-order valence-corrected chi connectivity index (χ1v) is 5.71. The number of hydrogen-bond donors (Lipinski definition) is 1. The lowest BCUT2D eigenvalue weighted by Crippen LogP contribution is -2.22. The molecule has 0 fully saturated rings. The molecule has 2 aromatic rings. The van der Waals surface area contributed by atoms with Gasteiger partial charge < -0.3 is 10.1 Å². The van der Waals surface area contributed by atoms with Gasteiger partial charge in [0, 0.05) is 18.0 Å². The van der Waals surface area contributed by atoms with Crippen LogP contribution in [0, 0.1) is 5.82 Å². The van der Waals surface area contributed by atoms with Crippen LogP contribution < -0.4 is 5.32 Å². The van der Waals surface area contributed by atoms with Gasteiger partial charge in [0.25, 0.3) is 0 Å². The number of esters is 1. The van der Waals surface area contributed by atoms with Gasteiger partial charge in [-0.2, -0.15) is 0 Å². The predicted octanol–water partition coefficient (Wildman–Crippen LogP) is 2.55. The van der Waals surface area contributed by atoms with Crippen LogP contribution in [0.4, 0.5) is 10.1 Å². The van der Waals surface area contributed by atoms with Gasteiger partial charge in [-0.25, -0.2) is 9.18 Å². The van der Waals surface area contributed by atoms with E-state index in [2.05, 4.69) is 10.3 Å². The maximum atomic E-state index is 13.6. The summed E-state index contributed by atoms with van der Waals surface area (Å²) in [6.45, 7) is 0. The van der Waals surface area contributed by atoms with Crippen LogP contribution in [0.3, 0.4) is 0 Å². The highest BCUT2D eigenvalue weighted by Crippen LogP contribution is 2.22. The average molecular weight is 260 g/mol. The normalized spacial score (nSPS) is 11.7. The monoisotopic (exact) mass is 260 g/mol. The summed E-state index contributed by atoms with van der Waals surface area (Å²) in [6.07, 6.45) is 3.14. The number of rotatable bonds is 4. The molecule has 0 amide bonds. The Kier molecular flexibility index (Phi) is 4.07. The quantitative estimate of drug-likeness (QED) is 0.858. The van der Waals surface area contributed by atoms with Crippen molar-refractivity contribution in [2.45, 2.75) is 6.04 Å². The molecule has 5 heteroatoms. The summed E-state index contributed by atoms with van der Waals surface area (Å²) in [5, 5.41) is 2.82. The molecular weight excluding hydrogens is 247 g/mol. The summed E-state index contributed by atoms with van der Waals surface area (Å²) < 4.78 is 18.3. The number of pyridine rings is 1. The molecule has 0 spiro atoms. The molecule has 98 valence electrons. The number of nitrogens with one attached hydrogen (secondary N) is 1. The molecule has 0 aliphatic rings. The van der Waals surface area contributed by atoms with E-state index < -0.39 is 17.8 Å². The molecule has 19 heavy (non-hydrogen) atoms. The first kappa shape index (κ1) is 13.0. The molecule has 0 bridgehead atoms. The second-order valence-corrected chi connectivity index (χ2v) is 3.87. The summed E-state index contributed by atoms with van der Waals surface area (Å²) >= 11 is 0. The number of halogens is 1. The van der Waals surface area contributed by atoms with Gasteiger partial charge in [0.05, 0.1) is 12.8 Å². The first-order chi connectivity index (χ1) is 9.22. The van der Waals surface area contributed by atoms with Crippen molar-refractivity contribution in [2.75, 3.05) is 12.4 Å². The van der Waals surface area contributed by atoms with Crippen molar-refractivity contribution < 1.29 is 13.9 Å². The number of ether oxygens (including phenoxy) is 1. The zero-order valence-electron chi connectivity index (χ0n) is 10.3. The van der Waals surface area contributed by atoms with Crippen molar-refractivity contribution >= 4 is 11.7 Å². The van der Waals surface area contributed by atoms with Crippen molar-refractivity contribution in [3.63, 3.8) is 0 Å². The van der Waals surface area contributed by atoms with E-state index in [0.717, 1.165) is 0 Å². The van der Waals surface area contributed by atoms with E-state index in [0.29, 0.717) is 5.56 Å². The number of nitrogens with zero attached hydrogens (tertiary/aromatic N) is 1. The van der Waals surface area contributed by atoms with Crippen LogP contribution >= 0.6 is 0 Å². The Morgan fingerprint density at radius 1 is 1.32 bits per heavy atom. The number of carbonyl (C=O) groups excluding carboxylic acids is 1. The van der Waals surface area contributed by atoms with E-state index >= 15 is 0 Å². The number of methoxy groups -OCH3 is 1. The van der Waals surface area contributed by atoms with Gasteiger partial charge >= 0.3 is 5.97 Å². The average Bonchev–Trinajstić information content (AvgIpc) is 2.46. The van der Waals surface area contributed by atoms with E-state index in [4.69, 9.17) is 4.74 Å². The van der Waals surface area contributed by atoms with Gasteiger partial charge in [-0.1, -0.05) is 18.2 Å². The minimum Gasteiger partial charge on any atom is -0.467 e. The summed E-state index contributed by atoms with van der Waals surface area (Å²) in [6, 6.07) is 8.77. The van der Waals surface area contributed by atoms with Crippen molar-refractivity contribution in [1.29, 1.82) is 0 Å². The minimum atomic E-state index is -0.796. The maximum Gasteiger partial charge on any atom is 0.333 e. The highest BCUT2D eigenvalue weighted by atomic mass is 19.1. The van der Waals surface area contributed by atoms with Crippen molar-refractivity contribution in [1.82, 2.24) is 4.98 Å². The third-order valence-corrected chi connectivity index (χ3v) is 2.63. The van der Waals surface area contributed by atoms with Crippen LogP contribution in [-0.2, 0) is 9.53 Å². The number of anilines is 1. The Labute approximate surface area is 110 Å². The van der Waals surface area contributed by atoms with Crippen LogP contribution in [0.25, 0.3) is 0 Å². The van der Waals surface area contributed by atoms with Crippen LogP contribution in [0.2, 0.25) is 0 Å². The van der Waals surface area contributed by atoms with Crippen molar-refractivity contribution in [2.24, 2.45) is 0 Å². The topological polar surface area (TPSA) is 51.2 Å². The van der Waals surface area contributed by atoms with E-state index in [9.17, 15) is 9.18 Å². The predicted molar refractivity (Wildman–Crippen MR) is 69.0 cm³/mol. The molecule has 1 atom stereocenters. The van der Waals surface area contributed by atoms with E-state index in [1.807, 2.05) is 0 Å². The van der Waals surface area contributed by atoms with Crippen LogP contribution in [0.5, 0.6) is 0 Å². The molecule has 0 aliphatic heterocycles. The largest absolute Gasteiger partial charge is 0.467 e. The van der Waals surface area contributed by atoms with E-state index in [1.165, 1.54) is 19.4 Å². The first-order valence-electron chi connectivity index (χ1n) is 5.71. The molecule has 1 unspecified atom stereocenters. The zero-order valence-corrected chi connectivity index (χ0v) is 10.3. The third kappa shape index (κ3) is 3.07. The molecule has 0 aliphatic carbocycles. The van der Waals surface area contributed by atoms with E-state index in [-0.39, 0.29) is 5.69 Å². The highest BCUT2D eigenvalue weighted by molar-refractivity contribution is 5.80. The molecule has 1 aromatic heterocycles. The van der Waals surface area contributed by atoms with E-state index in [1.54, 1.807) is 36.5 Å². The van der Waals surface area contributed by atoms with Crippen LogP contribution in [-0.4, -0.2) is 18.1 Å². The smallest absolute Gasteiger partial charge is 0.333 e. The second kappa shape index (κ2) is 5.95. The minimum absolute atomic E-state index is 0.238. The van der Waals surface area contributed by atoms with Crippen molar-refractivity contribution in [3.05, 3.63) is 60.2 Å². The molecule has 1 heterocycles. The Bertz CT molecular complexity index is 560. The Morgan fingerprint density at radius 3 is 2.74 bits per heavy atom. The van der Waals surface area contributed by atoms with Gasteiger partial charge in [-0.15, -0.1) is 0 Å². The number of hydrogen-bond acceptors (Lipinski definition) is 4. The van der Waals surface area contributed by atoms with Crippen LogP contribution in [0.1, 0.15) is 11.6 Å². The number of benzene rings is 1. The Hall–Kier alpha value is -2.43. The Morgan fingerprint density at radius 2 is 2.11 bits per heavy atom. The number of para-hydroxylation sites is 1. The fourth-order valence-electron chi connectivity index (χ4n) is 1.68. The molecule has 0 saturated carbocycles. The molecular formula is C14H13FN2O2. The van der Waals surface area contributed by atoms with Gasteiger partial charge in [-0.3, -0.25) is 4.98 Å². The molecule has 0 radical (unpaired) electrons. The standard InChI is InChI=1S/C14H13FN2O2/c1-19-14(18)13(10-5-4-8-16-9-10)17-12-7-3-2-6-11(12)15/h2-9,13,17H,1H3. The van der Waals surface area contributed by atoms with Gasteiger partial charge in [0.15, 0.2) is 6.04 Å². The lowest BCUT2D eigenvalue weighted by atomic mass is 10.1. The fourth-order valence-corrected chi connectivity index (χ4v) is 1.68. The maximum absolute atomic E-state index is 13.6. The summed E-state index contributed by atoms with van der Waals surface area (Å²) in [5.41, 5.74) is 0.847. The van der Waals surface area contributed by atoms with Gasteiger partial charge in [0.1, 0.15) is 5.82 Å². The van der Waals surface area contributed by atoms with Gasteiger partial charge in [-0.05, 0) is 18.2 Å². The SMILES string of the molecule is COC(=O)C(Nc1ccccc1F)c1cccnc1. The summed E-state index contributed by atoms with van der Waals surface area (Å²) in [5.74, 6) is -0.934. The zero-order chi connectivity index (χ0) is 13.7. The molecule has 0 saturated heterocycles. The lowest BCUT2D eigenvalue weighted by Gasteiger charge is -2.18. The van der Waals surface area contributed by atoms with Crippen LogP contribution in [0.15, 0.2) is 48.8 Å². The molecule has 1 aromatic carbocycles. The number of aromatic nitrogens is 1. The highest BCUT2D eigenvalue weighted by Gasteiger charge is 2.22. The lowest BCUT2D eigenvalue weighted by molar-refractivity contribution is -0.141. The second-order valence-electron chi connectivity index (χ2n) is 3.87. The third-order valence-electron chi connectivity index (χ3n) is 2.63. The Balaban J connectivity index is 2.30. The fraction of sp³-hybridized carbons (Fsp3) is 0.143. The van der Waals surface area contributed by atoms with Gasteiger partial charge in [0.2, 0.25) is 0 Å². The molecule has 4 nitrogen and oxygen atoms in total. The molecule has 1 N–H and O–H groups in total.